The minimum Gasteiger partial charge on any atom is -0.490 e. The molecule has 214 valence electrons. The maximum atomic E-state index is 15.1. The van der Waals surface area contributed by atoms with Crippen molar-refractivity contribution in [3.05, 3.63) is 58.7 Å². The van der Waals surface area contributed by atoms with E-state index < -0.39 is 40.9 Å². The first-order valence-corrected chi connectivity index (χ1v) is 14.6. The quantitative estimate of drug-likeness (QED) is 0.128. The van der Waals surface area contributed by atoms with Crippen LogP contribution in [0.4, 0.5) is 17.6 Å². The molecule has 2 aromatic carbocycles. The van der Waals surface area contributed by atoms with E-state index in [9.17, 15) is 13.6 Å². The summed E-state index contributed by atoms with van der Waals surface area (Å²) in [5.41, 5.74) is 0.827. The molecule has 0 N–H and O–H groups in total. The Morgan fingerprint density at radius 1 is 0.718 bits per heavy atom. The molecule has 0 unspecified atom stereocenters. The maximum absolute atomic E-state index is 15.1. The van der Waals surface area contributed by atoms with Crippen LogP contribution in [0.5, 0.6) is 11.5 Å². The molecule has 2 aliphatic carbocycles. The second-order valence-electron chi connectivity index (χ2n) is 11.4. The molecule has 0 heterocycles. The highest BCUT2D eigenvalue weighted by Gasteiger charge is 2.32. The van der Waals surface area contributed by atoms with Gasteiger partial charge in [-0.25, -0.2) is 8.78 Å². The van der Waals surface area contributed by atoms with Crippen LogP contribution in [0.25, 0.3) is 0 Å². The molecular formula is C32H40F4O3. The molecular weight excluding hydrogens is 508 g/mol. The van der Waals surface area contributed by atoms with Gasteiger partial charge in [0, 0.05) is 0 Å². The number of carbonyl (C=O) groups excluding carboxylic acids is 1. The largest absolute Gasteiger partial charge is 0.490 e. The molecule has 2 aliphatic rings. The van der Waals surface area contributed by atoms with Crippen LogP contribution in [-0.4, -0.2) is 12.6 Å². The minimum atomic E-state index is -1.26. The second-order valence-corrected chi connectivity index (χ2v) is 11.4. The molecule has 2 fully saturated rings. The van der Waals surface area contributed by atoms with Crippen LogP contribution in [0.3, 0.4) is 0 Å². The number of hydrogen-bond donors (Lipinski definition) is 0. The zero-order valence-electron chi connectivity index (χ0n) is 23.0. The van der Waals surface area contributed by atoms with Crippen molar-refractivity contribution in [1.29, 1.82) is 0 Å². The van der Waals surface area contributed by atoms with Gasteiger partial charge in [0.2, 0.25) is 11.6 Å². The Hall–Kier alpha value is -2.57. The topological polar surface area (TPSA) is 35.5 Å². The van der Waals surface area contributed by atoms with Gasteiger partial charge in [0.15, 0.2) is 23.1 Å². The molecule has 39 heavy (non-hydrogen) atoms. The average Bonchev–Trinajstić information content (AvgIpc) is 2.94. The predicted octanol–water partition coefficient (Wildman–Crippen LogP) is 9.38. The number of halogens is 4. The van der Waals surface area contributed by atoms with Gasteiger partial charge in [0.25, 0.3) is 0 Å². The van der Waals surface area contributed by atoms with E-state index in [4.69, 9.17) is 9.47 Å². The Labute approximate surface area is 229 Å². The summed E-state index contributed by atoms with van der Waals surface area (Å²) in [5, 5.41) is 0. The lowest BCUT2D eigenvalue weighted by atomic mass is 9.76. The fourth-order valence-electron chi connectivity index (χ4n) is 6.03. The number of hydrogen-bond acceptors (Lipinski definition) is 3. The van der Waals surface area contributed by atoms with E-state index in [1.165, 1.54) is 12.1 Å². The van der Waals surface area contributed by atoms with Crippen LogP contribution >= 0.6 is 0 Å². The predicted molar refractivity (Wildman–Crippen MR) is 143 cm³/mol. The van der Waals surface area contributed by atoms with Crippen molar-refractivity contribution < 1.29 is 31.8 Å². The Morgan fingerprint density at radius 2 is 1.26 bits per heavy atom. The SMILES string of the molecule is CCCCCCOc1ccc(OC(=O)C2CCC(c3ccc(C4CCC(C)CC4)c(F)c3F)CC2)c(F)c1F. The molecule has 2 aromatic rings. The number of ether oxygens (including phenoxy) is 2. The van der Waals surface area contributed by atoms with Crippen molar-refractivity contribution in [1.82, 2.24) is 0 Å². The molecule has 0 aromatic heterocycles. The van der Waals surface area contributed by atoms with Crippen molar-refractivity contribution in [3.8, 4) is 11.5 Å². The molecule has 0 bridgehead atoms. The third-order valence-corrected chi connectivity index (χ3v) is 8.58. The zero-order chi connectivity index (χ0) is 27.9. The van der Waals surface area contributed by atoms with Gasteiger partial charge in [-0.15, -0.1) is 0 Å². The molecule has 0 spiro atoms. The molecule has 2 saturated carbocycles. The lowest BCUT2D eigenvalue weighted by Gasteiger charge is -2.29. The average molecular weight is 549 g/mol. The Balaban J connectivity index is 1.31. The van der Waals surface area contributed by atoms with Crippen molar-refractivity contribution in [2.24, 2.45) is 11.8 Å². The Morgan fingerprint density at radius 3 is 1.85 bits per heavy atom. The summed E-state index contributed by atoms with van der Waals surface area (Å²) < 4.78 is 69.7. The summed E-state index contributed by atoms with van der Waals surface area (Å²) in [6, 6.07) is 5.92. The highest BCUT2D eigenvalue weighted by Crippen LogP contribution is 2.41. The molecule has 3 nitrogen and oxygen atoms in total. The van der Waals surface area contributed by atoms with Gasteiger partial charge in [-0.1, -0.05) is 58.1 Å². The molecule has 7 heteroatoms. The lowest BCUT2D eigenvalue weighted by molar-refractivity contribution is -0.140. The van der Waals surface area contributed by atoms with E-state index in [2.05, 4.69) is 13.8 Å². The summed E-state index contributed by atoms with van der Waals surface area (Å²) >= 11 is 0. The van der Waals surface area contributed by atoms with E-state index in [1.54, 1.807) is 12.1 Å². The number of esters is 1. The van der Waals surface area contributed by atoms with Gasteiger partial charge in [0.05, 0.1) is 12.5 Å². The molecule has 0 saturated heterocycles. The van der Waals surface area contributed by atoms with Crippen LogP contribution in [-0.2, 0) is 4.79 Å². The van der Waals surface area contributed by atoms with Gasteiger partial charge in [-0.3, -0.25) is 4.79 Å². The van der Waals surface area contributed by atoms with Crippen molar-refractivity contribution in [3.63, 3.8) is 0 Å². The fourth-order valence-corrected chi connectivity index (χ4v) is 6.03. The van der Waals surface area contributed by atoms with E-state index in [0.717, 1.165) is 51.4 Å². The van der Waals surface area contributed by atoms with Crippen LogP contribution in [0.15, 0.2) is 24.3 Å². The first-order chi connectivity index (χ1) is 18.8. The Kier molecular flexibility index (Phi) is 10.3. The maximum Gasteiger partial charge on any atom is 0.314 e. The summed E-state index contributed by atoms with van der Waals surface area (Å²) in [6.07, 6.45) is 9.39. The summed E-state index contributed by atoms with van der Waals surface area (Å²) in [7, 11) is 0. The minimum absolute atomic E-state index is 0.0620. The summed E-state index contributed by atoms with van der Waals surface area (Å²) in [4.78, 5) is 12.7. The van der Waals surface area contributed by atoms with Gasteiger partial charge in [0.1, 0.15) is 0 Å². The monoisotopic (exact) mass is 548 g/mol. The number of unbranched alkanes of at least 4 members (excludes halogenated alkanes) is 3. The highest BCUT2D eigenvalue weighted by molar-refractivity contribution is 5.75. The normalized spacial score (nSPS) is 23.4. The van der Waals surface area contributed by atoms with Gasteiger partial charge in [-0.05, 0) is 86.0 Å². The number of rotatable bonds is 10. The highest BCUT2D eigenvalue weighted by atomic mass is 19.2. The number of carbonyl (C=O) groups is 1. The van der Waals surface area contributed by atoms with E-state index in [0.29, 0.717) is 42.7 Å². The van der Waals surface area contributed by atoms with Crippen molar-refractivity contribution >= 4 is 5.97 Å². The third-order valence-electron chi connectivity index (χ3n) is 8.58. The second kappa shape index (κ2) is 13.7. The molecule has 4 rings (SSSR count). The molecule has 0 amide bonds. The molecule has 0 aliphatic heterocycles. The fraction of sp³-hybridized carbons (Fsp3) is 0.594. The van der Waals surface area contributed by atoms with Crippen LogP contribution in [0.1, 0.15) is 114 Å². The summed E-state index contributed by atoms with van der Waals surface area (Å²) in [6.45, 7) is 4.56. The smallest absolute Gasteiger partial charge is 0.314 e. The lowest BCUT2D eigenvalue weighted by Crippen LogP contribution is -2.26. The van der Waals surface area contributed by atoms with Gasteiger partial charge in [-0.2, -0.15) is 8.78 Å². The molecule has 0 atom stereocenters. The van der Waals surface area contributed by atoms with E-state index in [-0.39, 0.29) is 24.2 Å². The van der Waals surface area contributed by atoms with Gasteiger partial charge < -0.3 is 9.47 Å². The van der Waals surface area contributed by atoms with E-state index >= 15 is 8.78 Å². The van der Waals surface area contributed by atoms with Crippen LogP contribution in [0.2, 0.25) is 0 Å². The van der Waals surface area contributed by atoms with Crippen LogP contribution in [0, 0.1) is 35.1 Å². The number of benzene rings is 2. The summed E-state index contributed by atoms with van der Waals surface area (Å²) in [5.74, 6) is -5.30. The van der Waals surface area contributed by atoms with Crippen molar-refractivity contribution in [2.45, 2.75) is 103 Å². The van der Waals surface area contributed by atoms with Crippen molar-refractivity contribution in [2.75, 3.05) is 6.61 Å². The first-order valence-electron chi connectivity index (χ1n) is 14.6. The first kappa shape index (κ1) is 29.4. The van der Waals surface area contributed by atoms with E-state index in [1.807, 2.05) is 0 Å². The standard InChI is InChI=1S/C32H40F4O3/c1-3-4-5-6-19-38-26-17-18-27(31(36)30(26)35)39-32(37)23-13-11-22(12-14-23)25-16-15-24(28(33)29(25)34)21-9-7-20(2)8-10-21/h15-18,20-23H,3-14,19H2,1-2H3. The van der Waals surface area contributed by atoms with Crippen LogP contribution < -0.4 is 9.47 Å². The molecule has 0 radical (unpaired) electrons. The zero-order valence-corrected chi connectivity index (χ0v) is 23.0. The Bertz CT molecular complexity index is 1120. The van der Waals surface area contributed by atoms with Gasteiger partial charge >= 0.3 is 5.97 Å². The third kappa shape index (κ3) is 7.15.